The number of rotatable bonds is 6. The fourth-order valence-corrected chi connectivity index (χ4v) is 1.39. The van der Waals surface area contributed by atoms with Gasteiger partial charge >= 0.3 is 0 Å². The van der Waals surface area contributed by atoms with Gasteiger partial charge in [-0.05, 0) is 20.3 Å². The summed E-state index contributed by atoms with van der Waals surface area (Å²) in [6, 6.07) is 0. The largest absolute Gasteiger partial charge is 0.353 e. The number of ether oxygens (including phenoxy) is 4. The fourth-order valence-electron chi connectivity index (χ4n) is 1.39. The molecule has 0 saturated carbocycles. The van der Waals surface area contributed by atoms with Crippen molar-refractivity contribution in [2.45, 2.75) is 39.3 Å². The molecule has 84 valence electrons. The highest BCUT2D eigenvalue weighted by Gasteiger charge is 2.20. The van der Waals surface area contributed by atoms with Gasteiger partial charge in [-0.2, -0.15) is 0 Å². The Hall–Kier alpha value is -0.160. The van der Waals surface area contributed by atoms with Crippen molar-refractivity contribution in [3.05, 3.63) is 0 Å². The van der Waals surface area contributed by atoms with Crippen LogP contribution in [0.25, 0.3) is 0 Å². The van der Waals surface area contributed by atoms with Crippen LogP contribution in [0.3, 0.4) is 0 Å². The summed E-state index contributed by atoms with van der Waals surface area (Å²) >= 11 is 0. The Morgan fingerprint density at radius 3 is 2.21 bits per heavy atom. The van der Waals surface area contributed by atoms with E-state index in [1.165, 1.54) is 0 Å². The van der Waals surface area contributed by atoms with Gasteiger partial charge in [0.2, 0.25) is 0 Å². The predicted octanol–water partition coefficient (Wildman–Crippen LogP) is 1.54. The van der Waals surface area contributed by atoms with E-state index in [1.807, 2.05) is 13.8 Å². The standard InChI is InChI=1S/C10H20O4/c1-3-11-9(12-4-2)8-10-13-6-5-7-14-10/h9-10H,3-8H2,1-2H3. The Kier molecular flexibility index (Phi) is 6.10. The first-order valence-electron chi connectivity index (χ1n) is 5.33. The van der Waals surface area contributed by atoms with Crippen molar-refractivity contribution < 1.29 is 18.9 Å². The Morgan fingerprint density at radius 1 is 1.14 bits per heavy atom. The first kappa shape index (κ1) is 11.9. The Morgan fingerprint density at radius 2 is 1.71 bits per heavy atom. The van der Waals surface area contributed by atoms with E-state index >= 15 is 0 Å². The summed E-state index contributed by atoms with van der Waals surface area (Å²) in [4.78, 5) is 0. The lowest BCUT2D eigenvalue weighted by atomic mass is 10.3. The van der Waals surface area contributed by atoms with Crippen LogP contribution in [-0.2, 0) is 18.9 Å². The van der Waals surface area contributed by atoms with E-state index in [0.717, 1.165) is 19.6 Å². The van der Waals surface area contributed by atoms with Gasteiger partial charge in [0.1, 0.15) is 0 Å². The third kappa shape index (κ3) is 4.37. The number of hydrogen-bond donors (Lipinski definition) is 0. The lowest BCUT2D eigenvalue weighted by Crippen LogP contribution is -2.31. The highest BCUT2D eigenvalue weighted by atomic mass is 16.7. The van der Waals surface area contributed by atoms with Gasteiger partial charge in [0.15, 0.2) is 12.6 Å². The van der Waals surface area contributed by atoms with Crippen molar-refractivity contribution in [1.29, 1.82) is 0 Å². The molecule has 1 rings (SSSR count). The lowest BCUT2D eigenvalue weighted by molar-refractivity contribution is -0.228. The quantitative estimate of drug-likeness (QED) is 0.615. The normalized spacial score (nSPS) is 19.1. The van der Waals surface area contributed by atoms with Crippen molar-refractivity contribution >= 4 is 0 Å². The van der Waals surface area contributed by atoms with Gasteiger partial charge in [-0.3, -0.25) is 0 Å². The van der Waals surface area contributed by atoms with E-state index in [0.29, 0.717) is 19.6 Å². The zero-order valence-corrected chi connectivity index (χ0v) is 9.03. The molecule has 0 radical (unpaired) electrons. The van der Waals surface area contributed by atoms with Gasteiger partial charge in [-0.1, -0.05) is 0 Å². The molecule has 0 atom stereocenters. The minimum atomic E-state index is -0.201. The van der Waals surface area contributed by atoms with E-state index < -0.39 is 0 Å². The minimum Gasteiger partial charge on any atom is -0.353 e. The van der Waals surface area contributed by atoms with Crippen molar-refractivity contribution in [3.63, 3.8) is 0 Å². The van der Waals surface area contributed by atoms with Crippen LogP contribution in [0.5, 0.6) is 0 Å². The summed E-state index contributed by atoms with van der Waals surface area (Å²) in [6.07, 6.45) is 1.27. The Bertz CT molecular complexity index is 128. The van der Waals surface area contributed by atoms with Crippen molar-refractivity contribution in [1.82, 2.24) is 0 Å². The van der Waals surface area contributed by atoms with Crippen LogP contribution in [0.1, 0.15) is 26.7 Å². The molecule has 0 aromatic heterocycles. The SMILES string of the molecule is CCOC(CC1OCCCO1)OCC. The molecule has 0 aliphatic carbocycles. The topological polar surface area (TPSA) is 36.9 Å². The van der Waals surface area contributed by atoms with E-state index in [4.69, 9.17) is 18.9 Å². The molecule has 0 N–H and O–H groups in total. The zero-order chi connectivity index (χ0) is 10.2. The van der Waals surface area contributed by atoms with Crippen LogP contribution in [0, 0.1) is 0 Å². The molecule has 1 aliphatic heterocycles. The molecule has 1 fully saturated rings. The molecular weight excluding hydrogens is 184 g/mol. The van der Waals surface area contributed by atoms with E-state index in [2.05, 4.69) is 0 Å². The highest BCUT2D eigenvalue weighted by Crippen LogP contribution is 2.13. The molecule has 0 spiro atoms. The molecule has 0 bridgehead atoms. The first-order chi connectivity index (χ1) is 6.86. The second-order valence-electron chi connectivity index (χ2n) is 3.10. The molecule has 1 saturated heterocycles. The summed E-state index contributed by atoms with van der Waals surface area (Å²) in [6.45, 7) is 6.75. The van der Waals surface area contributed by atoms with Gasteiger partial charge in [0.05, 0.1) is 13.2 Å². The van der Waals surface area contributed by atoms with Crippen molar-refractivity contribution in [2.24, 2.45) is 0 Å². The average Bonchev–Trinajstić information content (AvgIpc) is 2.20. The molecular formula is C10H20O4. The maximum Gasteiger partial charge on any atom is 0.162 e. The van der Waals surface area contributed by atoms with Gasteiger partial charge in [0, 0.05) is 19.6 Å². The van der Waals surface area contributed by atoms with Crippen LogP contribution >= 0.6 is 0 Å². The first-order valence-corrected chi connectivity index (χ1v) is 5.33. The van der Waals surface area contributed by atoms with Crippen LogP contribution in [0.4, 0.5) is 0 Å². The van der Waals surface area contributed by atoms with Crippen LogP contribution < -0.4 is 0 Å². The second kappa shape index (κ2) is 7.17. The van der Waals surface area contributed by atoms with Crippen molar-refractivity contribution in [3.8, 4) is 0 Å². The van der Waals surface area contributed by atoms with Gasteiger partial charge in [-0.25, -0.2) is 0 Å². The Labute approximate surface area is 85.5 Å². The number of hydrogen-bond acceptors (Lipinski definition) is 4. The smallest absolute Gasteiger partial charge is 0.162 e. The third-order valence-electron chi connectivity index (χ3n) is 1.99. The van der Waals surface area contributed by atoms with E-state index in [1.54, 1.807) is 0 Å². The summed E-state index contributed by atoms with van der Waals surface area (Å²) in [7, 11) is 0. The Balaban J connectivity index is 2.21. The van der Waals surface area contributed by atoms with Crippen LogP contribution in [-0.4, -0.2) is 39.0 Å². The summed E-state index contributed by atoms with van der Waals surface area (Å²) in [5.74, 6) is 0. The van der Waals surface area contributed by atoms with Crippen LogP contribution in [0.2, 0.25) is 0 Å². The van der Waals surface area contributed by atoms with Gasteiger partial charge < -0.3 is 18.9 Å². The third-order valence-corrected chi connectivity index (χ3v) is 1.99. The molecule has 0 unspecified atom stereocenters. The molecule has 0 aromatic carbocycles. The molecule has 1 heterocycles. The average molecular weight is 204 g/mol. The second-order valence-corrected chi connectivity index (χ2v) is 3.10. The maximum atomic E-state index is 5.42. The molecule has 1 aliphatic rings. The van der Waals surface area contributed by atoms with Gasteiger partial charge in [-0.15, -0.1) is 0 Å². The molecule has 0 aromatic rings. The fraction of sp³-hybridized carbons (Fsp3) is 1.00. The molecule has 0 amide bonds. The van der Waals surface area contributed by atoms with Crippen LogP contribution in [0.15, 0.2) is 0 Å². The summed E-state index contributed by atoms with van der Waals surface area (Å²) in [5, 5.41) is 0. The van der Waals surface area contributed by atoms with Crippen molar-refractivity contribution in [2.75, 3.05) is 26.4 Å². The van der Waals surface area contributed by atoms with E-state index in [-0.39, 0.29) is 12.6 Å². The molecule has 4 heteroatoms. The molecule has 4 nitrogen and oxygen atoms in total. The zero-order valence-electron chi connectivity index (χ0n) is 9.03. The maximum absolute atomic E-state index is 5.42. The van der Waals surface area contributed by atoms with Gasteiger partial charge in [0.25, 0.3) is 0 Å². The predicted molar refractivity (Wildman–Crippen MR) is 52.0 cm³/mol. The summed E-state index contributed by atoms with van der Waals surface area (Å²) in [5.41, 5.74) is 0. The minimum absolute atomic E-state index is 0.160. The highest BCUT2D eigenvalue weighted by molar-refractivity contribution is 4.55. The van der Waals surface area contributed by atoms with E-state index in [9.17, 15) is 0 Å². The monoisotopic (exact) mass is 204 g/mol. The lowest BCUT2D eigenvalue weighted by Gasteiger charge is -2.26. The molecule has 14 heavy (non-hydrogen) atoms. The summed E-state index contributed by atoms with van der Waals surface area (Å²) < 4.78 is 21.6.